The molecular weight excluding hydrogens is 90.1 g/mol. The fourth-order valence-corrected chi connectivity index (χ4v) is 1.00. The first kappa shape index (κ1) is 3.05. The van der Waals surface area contributed by atoms with Gasteiger partial charge in [-0.2, -0.15) is 0 Å². The van der Waals surface area contributed by atoms with Crippen molar-refractivity contribution in [2.24, 2.45) is 5.41 Å². The molecule has 1 N–H and O–H groups in total. The summed E-state index contributed by atoms with van der Waals surface area (Å²) in [6.07, 6.45) is 0. The fourth-order valence-electron chi connectivity index (χ4n) is 1.00. The maximum Gasteiger partial charge on any atom is 0.122 e. The predicted molar refractivity (Wildman–Crippen MR) is 26.1 cm³/mol. The first-order valence-corrected chi connectivity index (χ1v) is 2.62. The van der Waals surface area contributed by atoms with Crippen LogP contribution in [-0.4, -0.2) is 26.3 Å². The highest BCUT2D eigenvalue weighted by Crippen LogP contribution is 2.30. The van der Waals surface area contributed by atoms with Crippen LogP contribution in [0.4, 0.5) is 0 Å². The standard InChI is InChI=1S/C5H9NO/c1-5(2-6-1)3-7-4-5/h6H,1-4H2/i/hD. The summed E-state index contributed by atoms with van der Waals surface area (Å²) in [6, 6.07) is 0. The number of hydrogen-bond donors (Lipinski definition) is 1. The Morgan fingerprint density at radius 1 is 1.57 bits per heavy atom. The van der Waals surface area contributed by atoms with E-state index >= 15 is 0 Å². The molecule has 2 fully saturated rings. The van der Waals surface area contributed by atoms with E-state index in [4.69, 9.17) is 6.15 Å². The van der Waals surface area contributed by atoms with Gasteiger partial charge in [0, 0.05) is 18.5 Å². The SMILES string of the molecule is [2H]N1CC2(COC2)C1. The van der Waals surface area contributed by atoms with Crippen molar-refractivity contribution in [3.63, 3.8) is 0 Å². The van der Waals surface area contributed by atoms with Crippen molar-refractivity contribution in [3.8, 4) is 0 Å². The van der Waals surface area contributed by atoms with E-state index in [2.05, 4.69) is 0 Å². The Morgan fingerprint density at radius 3 is 2.43 bits per heavy atom. The van der Waals surface area contributed by atoms with Gasteiger partial charge in [-0.05, 0) is 0 Å². The summed E-state index contributed by atoms with van der Waals surface area (Å²) in [5, 5.41) is 1.59. The van der Waals surface area contributed by atoms with Crippen LogP contribution in [0.15, 0.2) is 0 Å². The lowest BCUT2D eigenvalue weighted by Crippen LogP contribution is -2.64. The molecule has 2 heterocycles. The van der Waals surface area contributed by atoms with E-state index in [0.717, 1.165) is 26.3 Å². The molecule has 2 rings (SSSR count). The highest BCUT2D eigenvalue weighted by molar-refractivity contribution is 4.96. The minimum atomic E-state index is 0.432. The van der Waals surface area contributed by atoms with Crippen molar-refractivity contribution >= 4 is 0 Å². The lowest BCUT2D eigenvalue weighted by molar-refractivity contribution is -0.139. The Balaban J connectivity index is 1.92. The summed E-state index contributed by atoms with van der Waals surface area (Å²) >= 11 is 0. The van der Waals surface area contributed by atoms with Crippen LogP contribution >= 0.6 is 0 Å². The molecule has 40 valence electrons. The van der Waals surface area contributed by atoms with Crippen LogP contribution in [0.5, 0.6) is 0 Å². The monoisotopic (exact) mass is 100 g/mol. The Kier molecular flexibility index (Phi) is 0.439. The highest BCUT2D eigenvalue weighted by atomic mass is 16.5. The summed E-state index contributed by atoms with van der Waals surface area (Å²) in [5.41, 5.74) is 0.432. The molecule has 2 aliphatic rings. The van der Waals surface area contributed by atoms with Crippen molar-refractivity contribution in [2.45, 2.75) is 0 Å². The molecule has 0 aliphatic carbocycles. The van der Waals surface area contributed by atoms with Crippen molar-refractivity contribution < 1.29 is 6.15 Å². The Bertz CT molecular complexity index is 105. The second kappa shape index (κ2) is 1.01. The predicted octanol–water partition coefficient (Wildman–Crippen LogP) is -0.394. The van der Waals surface area contributed by atoms with Gasteiger partial charge in [-0.1, -0.05) is 0 Å². The average molecular weight is 100 g/mol. The number of rotatable bonds is 0. The van der Waals surface area contributed by atoms with E-state index in [1.165, 1.54) is 0 Å². The van der Waals surface area contributed by atoms with Crippen LogP contribution in [0.3, 0.4) is 0 Å². The van der Waals surface area contributed by atoms with E-state index in [0.29, 0.717) is 5.41 Å². The van der Waals surface area contributed by atoms with Gasteiger partial charge in [-0.25, -0.2) is 0 Å². The summed E-state index contributed by atoms with van der Waals surface area (Å²) < 4.78 is 12.1. The van der Waals surface area contributed by atoms with Gasteiger partial charge in [-0.15, -0.1) is 0 Å². The van der Waals surface area contributed by atoms with Gasteiger partial charge >= 0.3 is 0 Å². The molecule has 0 unspecified atom stereocenters. The Hall–Kier alpha value is -0.0800. The van der Waals surface area contributed by atoms with Crippen molar-refractivity contribution in [1.29, 1.82) is 0 Å². The molecule has 0 atom stereocenters. The van der Waals surface area contributed by atoms with Crippen LogP contribution in [0.2, 0.25) is 1.41 Å². The quantitative estimate of drug-likeness (QED) is 0.447. The van der Waals surface area contributed by atoms with Gasteiger partial charge < -0.3 is 10.0 Å². The number of nitrogens with one attached hydrogen (secondary N) is 1. The van der Waals surface area contributed by atoms with Crippen LogP contribution in [-0.2, 0) is 4.74 Å². The maximum atomic E-state index is 7.08. The molecule has 0 bridgehead atoms. The molecular formula is C5H9NO. The van der Waals surface area contributed by atoms with Crippen LogP contribution in [0.25, 0.3) is 0 Å². The number of ether oxygens (including phenoxy) is 1. The van der Waals surface area contributed by atoms with Crippen LogP contribution < -0.4 is 5.31 Å². The summed E-state index contributed by atoms with van der Waals surface area (Å²) in [5.74, 6) is 0. The lowest BCUT2D eigenvalue weighted by atomic mass is 9.80. The second-order valence-electron chi connectivity index (χ2n) is 2.53. The largest absolute Gasteiger partial charge is 0.380 e. The Labute approximate surface area is 44.3 Å². The summed E-state index contributed by atoms with van der Waals surface area (Å²) in [4.78, 5) is 0. The topological polar surface area (TPSA) is 21.3 Å². The molecule has 0 aromatic rings. The molecule has 1 spiro atoms. The third-order valence-electron chi connectivity index (χ3n) is 1.71. The Morgan fingerprint density at radius 2 is 2.29 bits per heavy atom. The van der Waals surface area contributed by atoms with E-state index in [1.807, 2.05) is 0 Å². The zero-order valence-electron chi connectivity index (χ0n) is 5.18. The van der Waals surface area contributed by atoms with Gasteiger partial charge in [0.1, 0.15) is 1.41 Å². The first-order valence-electron chi connectivity index (χ1n) is 3.07. The van der Waals surface area contributed by atoms with Gasteiger partial charge in [0.05, 0.1) is 13.2 Å². The molecule has 0 aromatic heterocycles. The third-order valence-corrected chi connectivity index (χ3v) is 1.71. The molecule has 2 aliphatic heterocycles. The molecule has 2 heteroatoms. The van der Waals surface area contributed by atoms with E-state index in [1.54, 1.807) is 5.31 Å². The van der Waals surface area contributed by atoms with E-state index < -0.39 is 0 Å². The van der Waals surface area contributed by atoms with Crippen molar-refractivity contribution in [1.82, 2.24) is 5.31 Å². The normalized spacial score (nSPS) is 39.1. The summed E-state index contributed by atoms with van der Waals surface area (Å²) in [7, 11) is 0. The van der Waals surface area contributed by atoms with Gasteiger partial charge in [0.25, 0.3) is 0 Å². The zero-order chi connectivity index (χ0) is 5.61. The van der Waals surface area contributed by atoms with Crippen molar-refractivity contribution in [3.05, 3.63) is 0 Å². The second-order valence-corrected chi connectivity index (χ2v) is 2.53. The average Bonchev–Trinajstić information content (AvgIpc) is 1.51. The molecule has 0 saturated carbocycles. The minimum Gasteiger partial charge on any atom is -0.380 e. The lowest BCUT2D eigenvalue weighted by Gasteiger charge is -2.48. The smallest absolute Gasteiger partial charge is 0.122 e. The van der Waals surface area contributed by atoms with E-state index in [9.17, 15) is 0 Å². The number of hydrogen-bond acceptors (Lipinski definition) is 2. The van der Waals surface area contributed by atoms with Crippen molar-refractivity contribution in [2.75, 3.05) is 26.3 Å². The van der Waals surface area contributed by atoms with E-state index in [-0.39, 0.29) is 0 Å². The molecule has 0 aromatic carbocycles. The fraction of sp³-hybridized carbons (Fsp3) is 1.00. The van der Waals surface area contributed by atoms with Gasteiger partial charge in [0.2, 0.25) is 0 Å². The molecule has 0 amide bonds. The zero-order valence-corrected chi connectivity index (χ0v) is 4.18. The van der Waals surface area contributed by atoms with Crippen LogP contribution in [0.1, 0.15) is 0 Å². The first-order chi connectivity index (χ1) is 3.81. The van der Waals surface area contributed by atoms with Gasteiger partial charge in [0.15, 0.2) is 0 Å². The van der Waals surface area contributed by atoms with Gasteiger partial charge in [-0.3, -0.25) is 0 Å². The highest BCUT2D eigenvalue weighted by Gasteiger charge is 2.43. The molecule has 7 heavy (non-hydrogen) atoms. The maximum absolute atomic E-state index is 7.08. The molecule has 2 nitrogen and oxygen atoms in total. The summed E-state index contributed by atoms with van der Waals surface area (Å²) in [6.45, 7) is 3.63. The molecule has 2 saturated heterocycles. The third kappa shape index (κ3) is 0.359. The van der Waals surface area contributed by atoms with Crippen LogP contribution in [0, 0.1) is 5.41 Å². The minimum absolute atomic E-state index is 0.432. The molecule has 0 radical (unpaired) electrons.